The molecule has 1 heterocycles. The number of ether oxygens (including phenoxy) is 1. The third-order valence-corrected chi connectivity index (χ3v) is 5.48. The van der Waals surface area contributed by atoms with Gasteiger partial charge in [0.05, 0.1) is 11.1 Å². The summed E-state index contributed by atoms with van der Waals surface area (Å²) >= 11 is 5.84. The van der Waals surface area contributed by atoms with E-state index in [1.54, 1.807) is 55.5 Å². The number of benzene rings is 2. The number of hydrogen-bond acceptors (Lipinski definition) is 7. The van der Waals surface area contributed by atoms with Crippen molar-refractivity contribution in [3.05, 3.63) is 81.1 Å². The maximum Gasteiger partial charge on any atom is 0.273 e. The number of nitro benzene ring substituents is 1. The maximum atomic E-state index is 12.7. The van der Waals surface area contributed by atoms with E-state index in [0.717, 1.165) is 0 Å². The minimum atomic E-state index is -0.821. The molecule has 37 heavy (non-hydrogen) atoms. The van der Waals surface area contributed by atoms with E-state index < -0.39 is 22.8 Å². The topological polar surface area (TPSA) is 136 Å². The van der Waals surface area contributed by atoms with Crippen molar-refractivity contribution in [2.75, 3.05) is 6.61 Å². The second-order valence-electron chi connectivity index (χ2n) is 8.69. The van der Waals surface area contributed by atoms with Crippen molar-refractivity contribution in [2.24, 2.45) is 11.0 Å². The first-order valence-corrected chi connectivity index (χ1v) is 11.9. The Morgan fingerprint density at radius 1 is 1.16 bits per heavy atom. The number of aryl methyl sites for hydroxylation is 1. The lowest BCUT2D eigenvalue weighted by Crippen LogP contribution is -2.47. The number of nitrogens with one attached hydrogen (secondary N) is 2. The lowest BCUT2D eigenvalue weighted by Gasteiger charge is -2.19. The molecule has 3 aromatic rings. The zero-order valence-corrected chi connectivity index (χ0v) is 21.3. The summed E-state index contributed by atoms with van der Waals surface area (Å²) in [7, 11) is 0. The Kier molecular flexibility index (Phi) is 9.39. The first kappa shape index (κ1) is 27.4. The van der Waals surface area contributed by atoms with Gasteiger partial charge in [0.2, 0.25) is 0 Å². The zero-order chi connectivity index (χ0) is 26.9. The highest BCUT2D eigenvalue weighted by Crippen LogP contribution is 2.28. The molecule has 0 spiro atoms. The fraction of sp³-hybridized carbons (Fsp3) is 0.269. The first-order valence-electron chi connectivity index (χ1n) is 11.5. The van der Waals surface area contributed by atoms with Crippen LogP contribution in [0.25, 0.3) is 11.3 Å². The molecule has 10 nitrogen and oxygen atoms in total. The molecule has 2 N–H and O–H groups in total. The lowest BCUT2D eigenvalue weighted by molar-refractivity contribution is -0.385. The molecule has 0 aliphatic rings. The molecule has 0 fully saturated rings. The van der Waals surface area contributed by atoms with Crippen LogP contribution in [0.1, 0.15) is 31.6 Å². The summed E-state index contributed by atoms with van der Waals surface area (Å²) in [5.41, 5.74) is 3.50. The number of rotatable bonds is 11. The predicted molar refractivity (Wildman–Crippen MR) is 140 cm³/mol. The Morgan fingerprint density at radius 2 is 1.89 bits per heavy atom. The van der Waals surface area contributed by atoms with Gasteiger partial charge in [-0.1, -0.05) is 37.6 Å². The van der Waals surface area contributed by atoms with Crippen LogP contribution in [0.3, 0.4) is 0 Å². The molecule has 0 unspecified atom stereocenters. The second kappa shape index (κ2) is 12.7. The number of nitro groups is 1. The average molecular weight is 527 g/mol. The molecule has 0 saturated heterocycles. The number of halogens is 1. The van der Waals surface area contributed by atoms with Crippen molar-refractivity contribution in [3.63, 3.8) is 0 Å². The zero-order valence-electron chi connectivity index (χ0n) is 20.6. The number of carbonyl (C=O) groups excluding carboxylic acids is 2. The fourth-order valence-electron chi connectivity index (χ4n) is 3.39. The lowest BCUT2D eigenvalue weighted by atomic mass is 10.0. The smallest absolute Gasteiger partial charge is 0.273 e. The summed E-state index contributed by atoms with van der Waals surface area (Å²) in [5, 5.41) is 18.3. The molecule has 0 aliphatic carbocycles. The van der Waals surface area contributed by atoms with Crippen LogP contribution < -0.4 is 15.5 Å². The molecule has 1 aromatic heterocycles. The molecule has 1 atom stereocenters. The van der Waals surface area contributed by atoms with E-state index in [4.69, 9.17) is 20.8 Å². The quantitative estimate of drug-likeness (QED) is 0.208. The van der Waals surface area contributed by atoms with Crippen LogP contribution in [-0.4, -0.2) is 35.6 Å². The highest BCUT2D eigenvalue weighted by molar-refractivity contribution is 6.30. The van der Waals surface area contributed by atoms with Gasteiger partial charge in [0, 0.05) is 22.2 Å². The number of amides is 2. The van der Waals surface area contributed by atoms with E-state index in [1.165, 1.54) is 12.3 Å². The fourth-order valence-corrected chi connectivity index (χ4v) is 3.52. The van der Waals surface area contributed by atoms with Crippen molar-refractivity contribution >= 4 is 35.3 Å². The molecule has 194 valence electrons. The molecule has 0 radical (unpaired) electrons. The largest absolute Gasteiger partial charge is 0.484 e. The average Bonchev–Trinajstić information content (AvgIpc) is 3.32. The Bertz CT molecular complexity index is 1290. The van der Waals surface area contributed by atoms with Gasteiger partial charge >= 0.3 is 0 Å². The van der Waals surface area contributed by atoms with Gasteiger partial charge in [0.1, 0.15) is 23.3 Å². The standard InChI is InChI=1S/C26H27ClN4O6/c1-16(2)12-22(29-25(32)15-36-20-8-6-19(27)7-9-20)26(33)30-28-14-21-10-11-24(37-21)18-5-4-17(3)23(13-18)31(34)35/h4-11,13-14,16,22H,12,15H2,1-3H3,(H,29,32)(H,30,33)/b28-14-/t22-/m0/s1. The molecule has 2 amide bonds. The number of furan rings is 1. The molecule has 0 aliphatic heterocycles. The first-order chi connectivity index (χ1) is 17.6. The van der Waals surface area contributed by atoms with Crippen LogP contribution in [-0.2, 0) is 9.59 Å². The van der Waals surface area contributed by atoms with Gasteiger partial charge in [0.25, 0.3) is 17.5 Å². The van der Waals surface area contributed by atoms with Crippen molar-refractivity contribution < 1.29 is 23.7 Å². The third kappa shape index (κ3) is 8.18. The molecule has 0 bridgehead atoms. The Hall–Kier alpha value is -4.18. The Morgan fingerprint density at radius 3 is 2.57 bits per heavy atom. The van der Waals surface area contributed by atoms with E-state index >= 15 is 0 Å². The minimum absolute atomic E-state index is 0.00631. The van der Waals surface area contributed by atoms with Crippen LogP contribution >= 0.6 is 11.6 Å². The van der Waals surface area contributed by atoms with E-state index in [9.17, 15) is 19.7 Å². The van der Waals surface area contributed by atoms with Crippen LogP contribution in [0.4, 0.5) is 5.69 Å². The van der Waals surface area contributed by atoms with Gasteiger partial charge in [-0.3, -0.25) is 19.7 Å². The SMILES string of the molecule is Cc1ccc(-c2ccc(/C=N\NC(=O)[C@H](CC(C)C)NC(=O)COc3ccc(Cl)cc3)o2)cc1[N+](=O)[O-]. The molecule has 0 saturated carbocycles. The summed E-state index contributed by atoms with van der Waals surface area (Å²) < 4.78 is 11.1. The van der Waals surface area contributed by atoms with E-state index in [1.807, 2.05) is 13.8 Å². The maximum absolute atomic E-state index is 12.7. The predicted octanol–water partition coefficient (Wildman–Crippen LogP) is 4.88. The van der Waals surface area contributed by atoms with Gasteiger partial charge in [-0.2, -0.15) is 5.10 Å². The molecule has 2 aromatic carbocycles. The summed E-state index contributed by atoms with van der Waals surface area (Å²) in [4.78, 5) is 35.8. The summed E-state index contributed by atoms with van der Waals surface area (Å²) in [6.07, 6.45) is 1.70. The van der Waals surface area contributed by atoms with Gasteiger partial charge in [-0.05, 0) is 55.7 Å². The van der Waals surface area contributed by atoms with Gasteiger partial charge < -0.3 is 14.5 Å². The number of carbonyl (C=O) groups is 2. The molecular weight excluding hydrogens is 500 g/mol. The monoisotopic (exact) mass is 526 g/mol. The van der Waals surface area contributed by atoms with Crippen LogP contribution in [0.15, 0.2) is 64.1 Å². The highest BCUT2D eigenvalue weighted by Gasteiger charge is 2.22. The highest BCUT2D eigenvalue weighted by atomic mass is 35.5. The van der Waals surface area contributed by atoms with E-state index in [0.29, 0.717) is 39.8 Å². The summed E-state index contributed by atoms with van der Waals surface area (Å²) in [6.45, 7) is 5.25. The van der Waals surface area contributed by atoms with Crippen molar-refractivity contribution in [3.8, 4) is 17.1 Å². The molecule has 11 heteroatoms. The van der Waals surface area contributed by atoms with E-state index in [2.05, 4.69) is 15.8 Å². The second-order valence-corrected chi connectivity index (χ2v) is 9.12. The third-order valence-electron chi connectivity index (χ3n) is 5.23. The van der Waals surface area contributed by atoms with Crippen LogP contribution in [0.5, 0.6) is 5.75 Å². The summed E-state index contributed by atoms with van der Waals surface area (Å²) in [5.74, 6) is 0.407. The Balaban J connectivity index is 1.58. The van der Waals surface area contributed by atoms with Crippen molar-refractivity contribution in [1.82, 2.24) is 10.7 Å². The van der Waals surface area contributed by atoms with Crippen LogP contribution in [0.2, 0.25) is 5.02 Å². The number of hydrazone groups is 1. The van der Waals surface area contributed by atoms with Gasteiger partial charge in [0.15, 0.2) is 6.61 Å². The van der Waals surface area contributed by atoms with E-state index in [-0.39, 0.29) is 18.2 Å². The molecule has 3 rings (SSSR count). The van der Waals surface area contributed by atoms with Crippen molar-refractivity contribution in [1.29, 1.82) is 0 Å². The van der Waals surface area contributed by atoms with Crippen molar-refractivity contribution in [2.45, 2.75) is 33.2 Å². The molecular formula is C26H27ClN4O6. The summed E-state index contributed by atoms with van der Waals surface area (Å²) in [6, 6.07) is 13.8. The normalized spacial score (nSPS) is 11.9. The van der Waals surface area contributed by atoms with Gasteiger partial charge in [-0.15, -0.1) is 0 Å². The Labute approximate surface area is 218 Å². The van der Waals surface area contributed by atoms with Gasteiger partial charge in [-0.25, -0.2) is 5.43 Å². The minimum Gasteiger partial charge on any atom is -0.484 e. The van der Waals surface area contributed by atoms with Crippen LogP contribution in [0, 0.1) is 23.0 Å². The number of hydrogen-bond donors (Lipinski definition) is 2. The number of nitrogens with zero attached hydrogens (tertiary/aromatic N) is 2.